The number of hydrogen-bond donors (Lipinski definition) is 1. The normalized spacial score (nSPS) is 13.6. The second-order valence-electron chi connectivity index (χ2n) is 6.22. The van der Waals surface area contributed by atoms with Gasteiger partial charge in [0.1, 0.15) is 11.5 Å². The monoisotopic (exact) mass is 388 g/mol. The minimum absolute atomic E-state index is 0.0794. The van der Waals surface area contributed by atoms with Crippen LogP contribution in [0, 0.1) is 0 Å². The Bertz CT molecular complexity index is 869. The molecular formula is C20H21ClN2O4. The minimum atomic E-state index is -0.242. The lowest BCUT2D eigenvalue weighted by Gasteiger charge is -2.18. The quantitative estimate of drug-likeness (QED) is 0.819. The first-order chi connectivity index (χ1) is 13.0. The Morgan fingerprint density at radius 1 is 1.19 bits per heavy atom. The lowest BCUT2D eigenvalue weighted by atomic mass is 10.1. The van der Waals surface area contributed by atoms with Gasteiger partial charge in [0.25, 0.3) is 0 Å². The topological polar surface area (TPSA) is 67.9 Å². The van der Waals surface area contributed by atoms with Crippen molar-refractivity contribution in [3.8, 4) is 11.5 Å². The fraction of sp³-hybridized carbons (Fsp3) is 0.300. The standard InChI is InChI=1S/C20H21ClN2O4/c1-26-15-6-8-18(27-2)13(10-15)11-19(24)22-17-12-14(5-7-16(17)21)23-9-3-4-20(23)25/h5-8,10,12H,3-4,9,11H2,1-2H3,(H,22,24). The fourth-order valence-corrected chi connectivity index (χ4v) is 3.25. The summed E-state index contributed by atoms with van der Waals surface area (Å²) in [6.07, 6.45) is 1.47. The van der Waals surface area contributed by atoms with Crippen molar-refractivity contribution in [3.63, 3.8) is 0 Å². The number of carbonyl (C=O) groups excluding carboxylic acids is 2. The summed E-state index contributed by atoms with van der Waals surface area (Å²) >= 11 is 6.23. The van der Waals surface area contributed by atoms with E-state index in [0.717, 1.165) is 12.1 Å². The molecule has 2 amide bonds. The van der Waals surface area contributed by atoms with Gasteiger partial charge in [0.15, 0.2) is 0 Å². The largest absolute Gasteiger partial charge is 0.497 e. The Labute approximate surface area is 163 Å². The average molecular weight is 389 g/mol. The summed E-state index contributed by atoms with van der Waals surface area (Å²) in [6.45, 7) is 0.675. The molecule has 6 nitrogen and oxygen atoms in total. The van der Waals surface area contributed by atoms with E-state index < -0.39 is 0 Å². The number of hydrogen-bond acceptors (Lipinski definition) is 4. The highest BCUT2D eigenvalue weighted by Crippen LogP contribution is 2.30. The average Bonchev–Trinajstić information content (AvgIpc) is 3.09. The molecule has 1 N–H and O–H groups in total. The number of halogens is 1. The Balaban J connectivity index is 1.77. The van der Waals surface area contributed by atoms with E-state index in [1.54, 1.807) is 55.5 Å². The predicted octanol–water partition coefficient (Wildman–Crippen LogP) is 3.67. The summed E-state index contributed by atoms with van der Waals surface area (Å²) in [7, 11) is 3.12. The zero-order valence-corrected chi connectivity index (χ0v) is 16.0. The van der Waals surface area contributed by atoms with Crippen molar-refractivity contribution in [3.05, 3.63) is 47.0 Å². The van der Waals surface area contributed by atoms with Gasteiger partial charge in [0.05, 0.1) is 31.4 Å². The predicted molar refractivity (Wildman–Crippen MR) is 105 cm³/mol. The van der Waals surface area contributed by atoms with Gasteiger partial charge in [0.2, 0.25) is 11.8 Å². The van der Waals surface area contributed by atoms with Crippen LogP contribution < -0.4 is 19.7 Å². The number of carbonyl (C=O) groups is 2. The molecule has 3 rings (SSSR count). The molecule has 1 saturated heterocycles. The summed E-state index contributed by atoms with van der Waals surface area (Å²) in [5.41, 5.74) is 1.91. The number of ether oxygens (including phenoxy) is 2. The maximum absolute atomic E-state index is 12.6. The molecule has 0 aromatic heterocycles. The van der Waals surface area contributed by atoms with Gasteiger partial charge >= 0.3 is 0 Å². The van der Waals surface area contributed by atoms with Crippen LogP contribution in [-0.2, 0) is 16.0 Å². The molecule has 0 aliphatic carbocycles. The van der Waals surface area contributed by atoms with Gasteiger partial charge in [-0.05, 0) is 42.8 Å². The van der Waals surface area contributed by atoms with Crippen LogP contribution in [-0.4, -0.2) is 32.6 Å². The molecule has 0 radical (unpaired) electrons. The number of nitrogens with one attached hydrogen (secondary N) is 1. The molecule has 0 saturated carbocycles. The fourth-order valence-electron chi connectivity index (χ4n) is 3.09. The zero-order valence-electron chi connectivity index (χ0n) is 15.3. The number of rotatable bonds is 6. The van der Waals surface area contributed by atoms with Gasteiger partial charge < -0.3 is 19.7 Å². The lowest BCUT2D eigenvalue weighted by Crippen LogP contribution is -2.24. The van der Waals surface area contributed by atoms with Crippen LogP contribution in [0.4, 0.5) is 11.4 Å². The number of nitrogens with zero attached hydrogens (tertiary/aromatic N) is 1. The van der Waals surface area contributed by atoms with Crippen molar-refractivity contribution < 1.29 is 19.1 Å². The molecule has 0 unspecified atom stereocenters. The molecule has 0 atom stereocenters. The van der Waals surface area contributed by atoms with Crippen molar-refractivity contribution in [2.24, 2.45) is 0 Å². The van der Waals surface area contributed by atoms with Crippen molar-refractivity contribution >= 4 is 34.8 Å². The summed E-state index contributed by atoms with van der Waals surface area (Å²) < 4.78 is 10.5. The molecular weight excluding hydrogens is 368 g/mol. The van der Waals surface area contributed by atoms with E-state index >= 15 is 0 Å². The molecule has 0 bridgehead atoms. The van der Waals surface area contributed by atoms with Crippen molar-refractivity contribution in [2.45, 2.75) is 19.3 Å². The summed E-state index contributed by atoms with van der Waals surface area (Å²) in [5, 5.41) is 3.23. The lowest BCUT2D eigenvalue weighted by molar-refractivity contribution is -0.117. The van der Waals surface area contributed by atoms with Gasteiger partial charge in [-0.15, -0.1) is 0 Å². The maximum atomic E-state index is 12.6. The van der Waals surface area contributed by atoms with E-state index in [9.17, 15) is 9.59 Å². The minimum Gasteiger partial charge on any atom is -0.497 e. The van der Waals surface area contributed by atoms with Crippen LogP contribution in [0.25, 0.3) is 0 Å². The highest BCUT2D eigenvalue weighted by atomic mass is 35.5. The van der Waals surface area contributed by atoms with Gasteiger partial charge in [-0.1, -0.05) is 11.6 Å². The van der Waals surface area contributed by atoms with Gasteiger partial charge in [-0.25, -0.2) is 0 Å². The zero-order chi connectivity index (χ0) is 19.4. The molecule has 0 spiro atoms. The van der Waals surface area contributed by atoms with Gasteiger partial charge in [-0.3, -0.25) is 9.59 Å². The third-order valence-corrected chi connectivity index (χ3v) is 4.78. The second-order valence-corrected chi connectivity index (χ2v) is 6.62. The number of methoxy groups -OCH3 is 2. The molecule has 1 aliphatic rings. The summed E-state index contributed by atoms with van der Waals surface area (Å²) in [6, 6.07) is 10.5. The molecule has 2 aromatic carbocycles. The summed E-state index contributed by atoms with van der Waals surface area (Å²) in [4.78, 5) is 26.2. The van der Waals surface area contributed by atoms with Crippen LogP contribution in [0.5, 0.6) is 11.5 Å². The molecule has 2 aromatic rings. The Morgan fingerprint density at radius 2 is 2.00 bits per heavy atom. The smallest absolute Gasteiger partial charge is 0.228 e. The van der Waals surface area contributed by atoms with Gasteiger partial charge in [-0.2, -0.15) is 0 Å². The van der Waals surface area contributed by atoms with E-state index in [0.29, 0.717) is 40.7 Å². The van der Waals surface area contributed by atoms with Crippen molar-refractivity contribution in [1.82, 2.24) is 0 Å². The van der Waals surface area contributed by atoms with E-state index in [2.05, 4.69) is 5.32 Å². The molecule has 142 valence electrons. The molecule has 7 heteroatoms. The van der Waals surface area contributed by atoms with E-state index in [-0.39, 0.29) is 18.2 Å². The number of anilines is 2. The van der Waals surface area contributed by atoms with Crippen LogP contribution in [0.3, 0.4) is 0 Å². The third kappa shape index (κ3) is 4.34. The number of amides is 2. The van der Waals surface area contributed by atoms with Crippen molar-refractivity contribution in [2.75, 3.05) is 31.0 Å². The van der Waals surface area contributed by atoms with E-state index in [1.165, 1.54) is 0 Å². The Kier molecular flexibility index (Phi) is 5.86. The Morgan fingerprint density at radius 3 is 2.67 bits per heavy atom. The first-order valence-corrected chi connectivity index (χ1v) is 9.00. The molecule has 1 fully saturated rings. The third-order valence-electron chi connectivity index (χ3n) is 4.45. The SMILES string of the molecule is COc1ccc(OC)c(CC(=O)Nc2cc(N3CCCC3=O)ccc2Cl)c1. The Hall–Kier alpha value is -2.73. The van der Waals surface area contributed by atoms with Crippen LogP contribution in [0.1, 0.15) is 18.4 Å². The van der Waals surface area contributed by atoms with Crippen LogP contribution >= 0.6 is 11.6 Å². The van der Waals surface area contributed by atoms with Crippen LogP contribution in [0.15, 0.2) is 36.4 Å². The summed E-state index contributed by atoms with van der Waals surface area (Å²) in [5.74, 6) is 1.09. The van der Waals surface area contributed by atoms with E-state index in [4.69, 9.17) is 21.1 Å². The molecule has 27 heavy (non-hydrogen) atoms. The van der Waals surface area contributed by atoms with Gasteiger partial charge in [0, 0.05) is 24.2 Å². The van der Waals surface area contributed by atoms with Crippen LogP contribution in [0.2, 0.25) is 5.02 Å². The molecule has 1 aliphatic heterocycles. The highest BCUT2D eigenvalue weighted by Gasteiger charge is 2.22. The molecule has 1 heterocycles. The first-order valence-electron chi connectivity index (χ1n) is 8.62. The van der Waals surface area contributed by atoms with Crippen molar-refractivity contribution in [1.29, 1.82) is 0 Å². The number of benzene rings is 2. The second kappa shape index (κ2) is 8.31. The first kappa shape index (κ1) is 19.0. The maximum Gasteiger partial charge on any atom is 0.228 e. The highest BCUT2D eigenvalue weighted by molar-refractivity contribution is 6.33. The van der Waals surface area contributed by atoms with E-state index in [1.807, 2.05) is 0 Å².